The van der Waals surface area contributed by atoms with Crippen molar-refractivity contribution < 1.29 is 9.53 Å². The van der Waals surface area contributed by atoms with Crippen LogP contribution >= 0.6 is 49.9 Å². The van der Waals surface area contributed by atoms with E-state index in [2.05, 4.69) is 53.6 Å². The number of methoxy groups -OCH3 is 1. The van der Waals surface area contributed by atoms with E-state index in [-0.39, 0.29) is 0 Å². The average molecular weight is 439 g/mol. The fraction of sp³-hybridized carbons (Fsp3) is 0.0909. The maximum atomic E-state index is 11.3. The van der Waals surface area contributed by atoms with Crippen LogP contribution in [-0.4, -0.2) is 18.1 Å². The van der Waals surface area contributed by atoms with E-state index in [1.165, 1.54) is 18.4 Å². The van der Waals surface area contributed by atoms with Crippen LogP contribution in [0, 0.1) is 3.57 Å². The van der Waals surface area contributed by atoms with Crippen molar-refractivity contribution in [2.75, 3.05) is 12.4 Å². The lowest BCUT2D eigenvalue weighted by Gasteiger charge is -2.05. The summed E-state index contributed by atoms with van der Waals surface area (Å²) in [6.07, 6.45) is 0. The van der Waals surface area contributed by atoms with E-state index in [1.807, 2.05) is 18.2 Å². The van der Waals surface area contributed by atoms with Gasteiger partial charge in [0, 0.05) is 13.4 Å². The van der Waals surface area contributed by atoms with Crippen LogP contribution in [0.4, 0.5) is 10.8 Å². The Labute approximate surface area is 130 Å². The number of hydrogen-bond donors (Lipinski definition) is 1. The molecule has 1 N–H and O–H groups in total. The number of anilines is 2. The Bertz CT molecular complexity index is 588. The molecule has 1 heterocycles. The molecule has 0 spiro atoms. The molecule has 0 saturated heterocycles. The van der Waals surface area contributed by atoms with Crippen LogP contribution < -0.4 is 5.32 Å². The first-order valence-corrected chi connectivity index (χ1v) is 7.61. The molecule has 7 heteroatoms. The minimum absolute atomic E-state index is 0.312. The van der Waals surface area contributed by atoms with E-state index in [4.69, 9.17) is 0 Å². The van der Waals surface area contributed by atoms with E-state index in [0.717, 1.165) is 13.7 Å². The molecule has 0 radical (unpaired) electrons. The number of ether oxygens (including phenoxy) is 1. The molecular weight excluding hydrogens is 431 g/mol. The molecule has 0 bridgehead atoms. The van der Waals surface area contributed by atoms with Crippen LogP contribution in [0.3, 0.4) is 0 Å². The number of rotatable bonds is 3. The minimum Gasteiger partial charge on any atom is -0.464 e. The van der Waals surface area contributed by atoms with Crippen LogP contribution in [0.2, 0.25) is 0 Å². The number of thiazole rings is 1. The lowest BCUT2D eigenvalue weighted by atomic mass is 10.3. The lowest BCUT2D eigenvalue weighted by molar-refractivity contribution is 0.0595. The van der Waals surface area contributed by atoms with Crippen molar-refractivity contribution in [1.82, 2.24) is 4.98 Å². The van der Waals surface area contributed by atoms with Crippen molar-refractivity contribution in [3.8, 4) is 0 Å². The molecule has 0 aliphatic carbocycles. The summed E-state index contributed by atoms with van der Waals surface area (Å²) in [5.74, 6) is -0.430. The van der Waals surface area contributed by atoms with Crippen LogP contribution in [0.5, 0.6) is 0 Å². The molecule has 0 aliphatic heterocycles. The third-order valence-electron chi connectivity index (χ3n) is 2.07. The first-order valence-electron chi connectivity index (χ1n) is 4.86. The van der Waals surface area contributed by atoms with Crippen LogP contribution in [0.15, 0.2) is 28.1 Å². The third-order valence-corrected chi connectivity index (χ3v) is 4.16. The minimum atomic E-state index is -0.430. The highest BCUT2D eigenvalue weighted by Gasteiger charge is 2.11. The molecule has 18 heavy (non-hydrogen) atoms. The molecule has 2 aromatic rings. The number of nitrogens with one attached hydrogen (secondary N) is 1. The first-order chi connectivity index (χ1) is 8.60. The van der Waals surface area contributed by atoms with E-state index < -0.39 is 5.97 Å². The van der Waals surface area contributed by atoms with Gasteiger partial charge in [-0.3, -0.25) is 0 Å². The second-order valence-electron chi connectivity index (χ2n) is 3.28. The standard InChI is InChI=1S/C11H8BrIN2O2S/c1-17-10(16)9-5-18-11(15-9)14-8-3-2-6(13)4-7(8)12/h2-5H,1H3,(H,14,15). The van der Waals surface area contributed by atoms with Gasteiger partial charge < -0.3 is 10.1 Å². The zero-order chi connectivity index (χ0) is 13.1. The topological polar surface area (TPSA) is 51.2 Å². The Morgan fingerprint density at radius 2 is 2.33 bits per heavy atom. The van der Waals surface area contributed by atoms with Gasteiger partial charge in [-0.05, 0) is 56.7 Å². The van der Waals surface area contributed by atoms with Crippen molar-refractivity contribution in [2.24, 2.45) is 0 Å². The van der Waals surface area contributed by atoms with E-state index in [1.54, 1.807) is 5.38 Å². The summed E-state index contributed by atoms with van der Waals surface area (Å²) in [5, 5.41) is 5.46. The van der Waals surface area contributed by atoms with Gasteiger partial charge >= 0.3 is 5.97 Å². The zero-order valence-corrected chi connectivity index (χ0v) is 13.8. The summed E-state index contributed by atoms with van der Waals surface area (Å²) in [6.45, 7) is 0. The molecule has 0 saturated carbocycles. The molecule has 0 amide bonds. The quantitative estimate of drug-likeness (QED) is 0.580. The van der Waals surface area contributed by atoms with Crippen LogP contribution in [-0.2, 0) is 4.74 Å². The number of aromatic nitrogens is 1. The van der Waals surface area contributed by atoms with Gasteiger partial charge in [-0.25, -0.2) is 9.78 Å². The number of benzene rings is 1. The Hall–Kier alpha value is -0.670. The van der Waals surface area contributed by atoms with Crippen molar-refractivity contribution in [3.05, 3.63) is 37.3 Å². The highest BCUT2D eigenvalue weighted by molar-refractivity contribution is 14.1. The van der Waals surface area contributed by atoms with Gasteiger partial charge in [0.05, 0.1) is 12.8 Å². The van der Waals surface area contributed by atoms with Crippen molar-refractivity contribution in [1.29, 1.82) is 0 Å². The second kappa shape index (κ2) is 5.98. The van der Waals surface area contributed by atoms with Crippen LogP contribution in [0.25, 0.3) is 0 Å². The average Bonchev–Trinajstić information content (AvgIpc) is 2.80. The number of nitrogens with zero attached hydrogens (tertiary/aromatic N) is 1. The second-order valence-corrected chi connectivity index (χ2v) is 6.24. The summed E-state index contributed by atoms with van der Waals surface area (Å²) in [4.78, 5) is 15.4. The molecule has 0 aliphatic rings. The Morgan fingerprint density at radius 3 is 3.00 bits per heavy atom. The van der Waals surface area contributed by atoms with Crippen molar-refractivity contribution in [2.45, 2.75) is 0 Å². The third kappa shape index (κ3) is 3.21. The molecule has 0 fully saturated rings. The van der Waals surface area contributed by atoms with Gasteiger partial charge in [-0.15, -0.1) is 11.3 Å². The maximum absolute atomic E-state index is 11.3. The summed E-state index contributed by atoms with van der Waals surface area (Å²) >= 11 is 7.07. The Balaban J connectivity index is 2.18. The number of carbonyl (C=O) groups excluding carboxylic acids is 1. The Morgan fingerprint density at radius 1 is 1.56 bits per heavy atom. The fourth-order valence-corrected chi connectivity index (χ4v) is 3.32. The SMILES string of the molecule is COC(=O)c1csc(Nc2ccc(I)cc2Br)n1. The number of hydrogen-bond acceptors (Lipinski definition) is 5. The summed E-state index contributed by atoms with van der Waals surface area (Å²) < 4.78 is 6.69. The first kappa shape index (κ1) is 13.8. The summed E-state index contributed by atoms with van der Waals surface area (Å²) in [5.41, 5.74) is 1.22. The van der Waals surface area contributed by atoms with Gasteiger partial charge in [0.25, 0.3) is 0 Å². The van der Waals surface area contributed by atoms with E-state index in [9.17, 15) is 4.79 Å². The maximum Gasteiger partial charge on any atom is 0.357 e. The number of esters is 1. The molecule has 4 nitrogen and oxygen atoms in total. The van der Waals surface area contributed by atoms with Gasteiger partial charge in [0.15, 0.2) is 10.8 Å². The predicted molar refractivity (Wildman–Crippen MR) is 83.6 cm³/mol. The zero-order valence-electron chi connectivity index (χ0n) is 9.24. The smallest absolute Gasteiger partial charge is 0.357 e. The summed E-state index contributed by atoms with van der Waals surface area (Å²) in [6, 6.07) is 5.94. The molecule has 1 aromatic carbocycles. The predicted octanol–water partition coefficient (Wildman–Crippen LogP) is 4.04. The molecule has 0 unspecified atom stereocenters. The van der Waals surface area contributed by atoms with Crippen LogP contribution in [0.1, 0.15) is 10.5 Å². The molecule has 94 valence electrons. The van der Waals surface area contributed by atoms with Gasteiger partial charge in [-0.1, -0.05) is 0 Å². The van der Waals surface area contributed by atoms with Crippen molar-refractivity contribution in [3.63, 3.8) is 0 Å². The normalized spacial score (nSPS) is 10.2. The van der Waals surface area contributed by atoms with Gasteiger partial charge in [0.1, 0.15) is 0 Å². The van der Waals surface area contributed by atoms with E-state index in [0.29, 0.717) is 10.8 Å². The Kier molecular flexibility index (Phi) is 4.57. The largest absolute Gasteiger partial charge is 0.464 e. The van der Waals surface area contributed by atoms with Gasteiger partial charge in [0.2, 0.25) is 0 Å². The molecular formula is C11H8BrIN2O2S. The molecule has 1 aromatic heterocycles. The summed E-state index contributed by atoms with van der Waals surface area (Å²) in [7, 11) is 1.34. The monoisotopic (exact) mass is 438 g/mol. The highest BCUT2D eigenvalue weighted by Crippen LogP contribution is 2.28. The number of carbonyl (C=O) groups is 1. The molecule has 0 atom stereocenters. The van der Waals surface area contributed by atoms with Gasteiger partial charge in [-0.2, -0.15) is 0 Å². The van der Waals surface area contributed by atoms with E-state index >= 15 is 0 Å². The highest BCUT2D eigenvalue weighted by atomic mass is 127. The fourth-order valence-electron chi connectivity index (χ4n) is 1.24. The van der Waals surface area contributed by atoms with Crippen molar-refractivity contribution >= 4 is 66.6 Å². The lowest BCUT2D eigenvalue weighted by Crippen LogP contribution is -2.01. The molecule has 2 rings (SSSR count). The number of halogens is 2.